The van der Waals surface area contributed by atoms with Crippen LogP contribution in [0.3, 0.4) is 0 Å². The summed E-state index contributed by atoms with van der Waals surface area (Å²) in [5.41, 5.74) is 5.36. The zero-order valence-corrected chi connectivity index (χ0v) is 10.00. The summed E-state index contributed by atoms with van der Waals surface area (Å²) in [5, 5.41) is 10.5. The molecule has 0 spiro atoms. The van der Waals surface area contributed by atoms with Crippen molar-refractivity contribution in [2.45, 2.75) is 50.7 Å². The van der Waals surface area contributed by atoms with Gasteiger partial charge in [-0.1, -0.05) is 0 Å². The number of rotatable bonds is 4. The van der Waals surface area contributed by atoms with E-state index in [4.69, 9.17) is 5.73 Å². The SMILES string of the molecule is CC1(C)CCCN1CC(O)(CN)C1CC1. The number of hydrogen-bond donors (Lipinski definition) is 2. The average Bonchev–Trinajstić information content (AvgIpc) is 2.95. The summed E-state index contributed by atoms with van der Waals surface area (Å²) >= 11 is 0. The van der Waals surface area contributed by atoms with Crippen LogP contribution in [0.5, 0.6) is 0 Å². The molecule has 0 bridgehead atoms. The molecule has 1 saturated carbocycles. The van der Waals surface area contributed by atoms with Crippen LogP contribution < -0.4 is 5.73 Å². The van der Waals surface area contributed by atoms with Crippen molar-refractivity contribution < 1.29 is 5.11 Å². The van der Waals surface area contributed by atoms with Gasteiger partial charge in [0.15, 0.2) is 0 Å². The van der Waals surface area contributed by atoms with E-state index in [-0.39, 0.29) is 5.54 Å². The summed E-state index contributed by atoms with van der Waals surface area (Å²) in [6.45, 7) is 6.82. The molecule has 1 heterocycles. The van der Waals surface area contributed by atoms with E-state index in [1.54, 1.807) is 0 Å². The molecule has 1 saturated heterocycles. The van der Waals surface area contributed by atoms with E-state index in [1.165, 1.54) is 12.8 Å². The molecular weight excluding hydrogens is 188 g/mol. The van der Waals surface area contributed by atoms with Gasteiger partial charge < -0.3 is 10.8 Å². The van der Waals surface area contributed by atoms with Gasteiger partial charge in [-0.05, 0) is 52.0 Å². The van der Waals surface area contributed by atoms with Crippen molar-refractivity contribution in [3.63, 3.8) is 0 Å². The first-order chi connectivity index (χ1) is 6.98. The van der Waals surface area contributed by atoms with Gasteiger partial charge in [-0.2, -0.15) is 0 Å². The van der Waals surface area contributed by atoms with Crippen LogP contribution in [-0.4, -0.2) is 40.8 Å². The molecule has 0 aromatic rings. The second-order valence-corrected chi connectivity index (χ2v) is 5.92. The van der Waals surface area contributed by atoms with Gasteiger partial charge in [-0.3, -0.25) is 4.90 Å². The Kier molecular flexibility index (Phi) is 2.82. The Morgan fingerprint density at radius 1 is 1.47 bits per heavy atom. The second kappa shape index (κ2) is 3.72. The molecule has 88 valence electrons. The average molecular weight is 212 g/mol. The van der Waals surface area contributed by atoms with Crippen molar-refractivity contribution in [3.05, 3.63) is 0 Å². The van der Waals surface area contributed by atoms with E-state index >= 15 is 0 Å². The Balaban J connectivity index is 2.00. The van der Waals surface area contributed by atoms with Crippen LogP contribution in [0.25, 0.3) is 0 Å². The standard InChI is InChI=1S/C12H24N2O/c1-11(2)6-3-7-14(11)9-12(15,8-13)10-4-5-10/h10,15H,3-9,13H2,1-2H3. The van der Waals surface area contributed by atoms with Crippen LogP contribution in [0.1, 0.15) is 39.5 Å². The Bertz CT molecular complexity index is 238. The van der Waals surface area contributed by atoms with Crippen molar-refractivity contribution in [1.29, 1.82) is 0 Å². The smallest absolute Gasteiger partial charge is 0.0923 e. The maximum absolute atomic E-state index is 10.5. The van der Waals surface area contributed by atoms with Gasteiger partial charge in [0.25, 0.3) is 0 Å². The molecule has 15 heavy (non-hydrogen) atoms. The summed E-state index contributed by atoms with van der Waals surface area (Å²) in [5.74, 6) is 0.457. The first-order valence-corrected chi connectivity index (χ1v) is 6.15. The molecular formula is C12H24N2O. The van der Waals surface area contributed by atoms with Crippen molar-refractivity contribution in [2.75, 3.05) is 19.6 Å². The maximum Gasteiger partial charge on any atom is 0.0923 e. The largest absolute Gasteiger partial charge is 0.387 e. The Morgan fingerprint density at radius 2 is 2.13 bits per heavy atom. The number of nitrogens with zero attached hydrogens (tertiary/aromatic N) is 1. The molecule has 3 nitrogen and oxygen atoms in total. The molecule has 2 rings (SSSR count). The summed E-state index contributed by atoms with van der Waals surface area (Å²) in [4.78, 5) is 2.41. The molecule has 3 heteroatoms. The van der Waals surface area contributed by atoms with Crippen LogP contribution in [0, 0.1) is 5.92 Å². The number of aliphatic hydroxyl groups is 1. The molecule has 0 aromatic carbocycles. The molecule has 3 N–H and O–H groups in total. The zero-order chi connectivity index (χ0) is 11.1. The highest BCUT2D eigenvalue weighted by Crippen LogP contribution is 2.41. The molecule has 0 aromatic heterocycles. The van der Waals surface area contributed by atoms with E-state index in [9.17, 15) is 5.11 Å². The van der Waals surface area contributed by atoms with E-state index in [0.29, 0.717) is 12.5 Å². The zero-order valence-electron chi connectivity index (χ0n) is 10.00. The normalized spacial score (nSPS) is 30.4. The minimum absolute atomic E-state index is 0.248. The summed E-state index contributed by atoms with van der Waals surface area (Å²) in [6, 6.07) is 0. The van der Waals surface area contributed by atoms with E-state index in [2.05, 4.69) is 18.7 Å². The molecule has 1 aliphatic carbocycles. The van der Waals surface area contributed by atoms with Gasteiger partial charge >= 0.3 is 0 Å². The van der Waals surface area contributed by atoms with Crippen LogP contribution in [-0.2, 0) is 0 Å². The Labute approximate surface area is 92.6 Å². The molecule has 0 radical (unpaired) electrons. The Hall–Kier alpha value is -0.120. The highest BCUT2D eigenvalue weighted by molar-refractivity contribution is 5.00. The van der Waals surface area contributed by atoms with Gasteiger partial charge in [0.1, 0.15) is 0 Å². The topological polar surface area (TPSA) is 49.5 Å². The van der Waals surface area contributed by atoms with Crippen molar-refractivity contribution in [3.8, 4) is 0 Å². The first kappa shape index (κ1) is 11.4. The predicted molar refractivity (Wildman–Crippen MR) is 61.6 cm³/mol. The Morgan fingerprint density at radius 3 is 2.53 bits per heavy atom. The molecule has 1 atom stereocenters. The summed E-state index contributed by atoms with van der Waals surface area (Å²) in [6.07, 6.45) is 4.79. The fourth-order valence-corrected chi connectivity index (χ4v) is 2.77. The molecule has 2 fully saturated rings. The van der Waals surface area contributed by atoms with Gasteiger partial charge in [0.05, 0.1) is 5.60 Å². The quantitative estimate of drug-likeness (QED) is 0.730. The minimum atomic E-state index is -0.623. The van der Waals surface area contributed by atoms with Gasteiger partial charge in [-0.25, -0.2) is 0 Å². The van der Waals surface area contributed by atoms with Crippen molar-refractivity contribution in [2.24, 2.45) is 11.7 Å². The summed E-state index contributed by atoms with van der Waals surface area (Å²) < 4.78 is 0. The lowest BCUT2D eigenvalue weighted by Crippen LogP contribution is -2.53. The highest BCUT2D eigenvalue weighted by Gasteiger charge is 2.46. The van der Waals surface area contributed by atoms with E-state index in [0.717, 1.165) is 25.9 Å². The van der Waals surface area contributed by atoms with Gasteiger partial charge in [-0.15, -0.1) is 0 Å². The summed E-state index contributed by atoms with van der Waals surface area (Å²) in [7, 11) is 0. The minimum Gasteiger partial charge on any atom is -0.387 e. The van der Waals surface area contributed by atoms with Crippen LogP contribution in [0.2, 0.25) is 0 Å². The number of nitrogens with two attached hydrogens (primary N) is 1. The van der Waals surface area contributed by atoms with Crippen LogP contribution in [0.4, 0.5) is 0 Å². The van der Waals surface area contributed by atoms with Crippen molar-refractivity contribution >= 4 is 0 Å². The third kappa shape index (κ3) is 2.19. The third-order valence-corrected chi connectivity index (χ3v) is 4.23. The van der Waals surface area contributed by atoms with E-state index < -0.39 is 5.60 Å². The number of β-amino-alcohol motifs (C(OH)–C–C–N with tert-alkyl or cyclic N) is 1. The highest BCUT2D eigenvalue weighted by atomic mass is 16.3. The maximum atomic E-state index is 10.5. The van der Waals surface area contributed by atoms with E-state index in [1.807, 2.05) is 0 Å². The molecule has 2 aliphatic rings. The van der Waals surface area contributed by atoms with Gasteiger partial charge in [0, 0.05) is 18.6 Å². The molecule has 0 amide bonds. The lowest BCUT2D eigenvalue weighted by Gasteiger charge is -2.38. The lowest BCUT2D eigenvalue weighted by atomic mass is 9.94. The second-order valence-electron chi connectivity index (χ2n) is 5.92. The monoisotopic (exact) mass is 212 g/mol. The first-order valence-electron chi connectivity index (χ1n) is 6.15. The molecule has 1 aliphatic heterocycles. The number of hydrogen-bond acceptors (Lipinski definition) is 3. The van der Waals surface area contributed by atoms with Crippen molar-refractivity contribution in [1.82, 2.24) is 4.90 Å². The molecule has 1 unspecified atom stereocenters. The van der Waals surface area contributed by atoms with Gasteiger partial charge in [0.2, 0.25) is 0 Å². The van der Waals surface area contributed by atoms with Crippen LogP contribution in [0.15, 0.2) is 0 Å². The fraction of sp³-hybridized carbons (Fsp3) is 1.00. The fourth-order valence-electron chi connectivity index (χ4n) is 2.77. The lowest BCUT2D eigenvalue weighted by molar-refractivity contribution is -0.0233. The number of likely N-dealkylation sites (tertiary alicyclic amines) is 1. The van der Waals surface area contributed by atoms with Crippen LogP contribution >= 0.6 is 0 Å². The predicted octanol–water partition coefficient (Wildman–Crippen LogP) is 0.961. The third-order valence-electron chi connectivity index (χ3n) is 4.23.